The molecule has 2 fully saturated rings. The van der Waals surface area contributed by atoms with Crippen molar-refractivity contribution in [2.45, 2.75) is 38.5 Å². The van der Waals surface area contributed by atoms with Crippen LogP contribution in [0, 0.1) is 10.1 Å². The Morgan fingerprint density at radius 2 is 1.47 bits per heavy atom. The van der Waals surface area contributed by atoms with Crippen molar-refractivity contribution >= 4 is 29.7 Å². The Balaban J connectivity index is 1.57. The second-order valence-corrected chi connectivity index (χ2v) is 7.54. The number of rotatable bonds is 6. The highest BCUT2D eigenvalue weighted by molar-refractivity contribution is 5.85. The molecule has 2 aliphatic heterocycles. The van der Waals surface area contributed by atoms with Crippen LogP contribution < -0.4 is 15.2 Å². The van der Waals surface area contributed by atoms with E-state index in [4.69, 9.17) is 4.98 Å². The number of nitrogens with zero attached hydrogens (tertiary/aromatic N) is 7. The van der Waals surface area contributed by atoms with E-state index >= 15 is 0 Å². The summed E-state index contributed by atoms with van der Waals surface area (Å²) in [5.74, 6) is 1.67. The predicted molar refractivity (Wildman–Crippen MR) is 116 cm³/mol. The summed E-state index contributed by atoms with van der Waals surface area (Å²) in [5, 5.41) is 15.3. The molecule has 0 atom stereocenters. The molecule has 4 rings (SSSR count). The first kappa shape index (κ1) is 20.0. The fraction of sp³-hybridized carbons (Fsp3) is 0.500. The summed E-state index contributed by atoms with van der Waals surface area (Å²) in [5.41, 5.74) is 3.26. The first-order chi connectivity index (χ1) is 14.7. The third-order valence-electron chi connectivity index (χ3n) is 5.39. The number of piperidine rings is 2. The molecule has 158 valence electrons. The first-order valence-corrected chi connectivity index (χ1v) is 10.5. The second kappa shape index (κ2) is 9.47. The maximum Gasteiger partial charge on any atom is 0.278 e. The molecule has 0 aliphatic carbocycles. The average molecular weight is 410 g/mol. The van der Waals surface area contributed by atoms with Crippen molar-refractivity contribution in [3.63, 3.8) is 0 Å². The summed E-state index contributed by atoms with van der Waals surface area (Å²) in [7, 11) is 0. The average Bonchev–Trinajstić information content (AvgIpc) is 2.80. The lowest BCUT2D eigenvalue weighted by atomic mass is 10.1. The van der Waals surface area contributed by atoms with Gasteiger partial charge in [-0.05, 0) is 44.6 Å². The Hall–Kier alpha value is -3.30. The molecule has 0 saturated carbocycles. The van der Waals surface area contributed by atoms with Crippen molar-refractivity contribution in [2.75, 3.05) is 41.4 Å². The topological polar surface area (TPSA) is 113 Å². The Morgan fingerprint density at radius 1 is 0.900 bits per heavy atom. The minimum Gasteiger partial charge on any atom is -0.341 e. The van der Waals surface area contributed by atoms with Crippen LogP contribution >= 0.6 is 0 Å². The molecular weight excluding hydrogens is 384 g/mol. The van der Waals surface area contributed by atoms with Gasteiger partial charge in [-0.2, -0.15) is 20.1 Å². The molecule has 10 heteroatoms. The first-order valence-electron chi connectivity index (χ1n) is 10.5. The van der Waals surface area contributed by atoms with Crippen LogP contribution in [-0.4, -0.2) is 52.3 Å². The molecule has 1 aromatic carbocycles. The van der Waals surface area contributed by atoms with E-state index < -0.39 is 4.92 Å². The van der Waals surface area contributed by atoms with E-state index in [-0.39, 0.29) is 5.69 Å². The van der Waals surface area contributed by atoms with Crippen LogP contribution in [0.4, 0.5) is 23.5 Å². The highest BCUT2D eigenvalue weighted by Crippen LogP contribution is 2.22. The highest BCUT2D eigenvalue weighted by atomic mass is 16.6. The molecule has 1 aromatic heterocycles. The third-order valence-corrected chi connectivity index (χ3v) is 5.39. The zero-order valence-corrected chi connectivity index (χ0v) is 16.9. The third kappa shape index (κ3) is 4.81. The minimum atomic E-state index is -0.423. The van der Waals surface area contributed by atoms with Crippen LogP contribution in [0.15, 0.2) is 29.4 Å². The van der Waals surface area contributed by atoms with Gasteiger partial charge in [0.2, 0.25) is 17.8 Å². The Kier molecular flexibility index (Phi) is 6.31. The monoisotopic (exact) mass is 410 g/mol. The summed E-state index contributed by atoms with van der Waals surface area (Å²) in [4.78, 5) is 29.0. The van der Waals surface area contributed by atoms with Gasteiger partial charge in [-0.1, -0.05) is 12.1 Å². The van der Waals surface area contributed by atoms with E-state index in [1.54, 1.807) is 18.2 Å². The lowest BCUT2D eigenvalue weighted by Gasteiger charge is -2.30. The maximum absolute atomic E-state index is 11.2. The molecule has 0 radical (unpaired) electrons. The van der Waals surface area contributed by atoms with Gasteiger partial charge in [-0.15, -0.1) is 0 Å². The number of para-hydroxylation sites is 1. The van der Waals surface area contributed by atoms with E-state index in [1.165, 1.54) is 25.1 Å². The van der Waals surface area contributed by atoms with Gasteiger partial charge in [0.05, 0.1) is 16.7 Å². The Morgan fingerprint density at radius 3 is 2.03 bits per heavy atom. The van der Waals surface area contributed by atoms with E-state index in [0.29, 0.717) is 23.4 Å². The van der Waals surface area contributed by atoms with Crippen molar-refractivity contribution in [1.82, 2.24) is 15.0 Å². The number of nitro benzene ring substituents is 1. The zero-order chi connectivity index (χ0) is 20.8. The van der Waals surface area contributed by atoms with Gasteiger partial charge in [-0.25, -0.2) is 5.43 Å². The van der Waals surface area contributed by atoms with Crippen LogP contribution in [-0.2, 0) is 0 Å². The molecule has 1 N–H and O–H groups in total. The van der Waals surface area contributed by atoms with Gasteiger partial charge >= 0.3 is 0 Å². The molecular formula is C20H26N8O2. The Bertz CT molecular complexity index is 871. The van der Waals surface area contributed by atoms with Crippen molar-refractivity contribution in [3.8, 4) is 0 Å². The van der Waals surface area contributed by atoms with Crippen molar-refractivity contribution in [2.24, 2.45) is 5.10 Å². The SMILES string of the molecule is O=[N+]([O-])c1ccccc1/C=N\Nc1nc(N2CCCCC2)nc(N2CCCCC2)n1. The number of nitro groups is 1. The predicted octanol–water partition coefficient (Wildman–Crippen LogP) is 3.21. The minimum absolute atomic E-state index is 0.00158. The van der Waals surface area contributed by atoms with Gasteiger partial charge in [0, 0.05) is 32.2 Å². The van der Waals surface area contributed by atoms with Gasteiger partial charge in [0.25, 0.3) is 5.69 Å². The second-order valence-electron chi connectivity index (χ2n) is 7.54. The van der Waals surface area contributed by atoms with E-state index in [0.717, 1.165) is 51.9 Å². The fourth-order valence-corrected chi connectivity index (χ4v) is 3.80. The van der Waals surface area contributed by atoms with Crippen molar-refractivity contribution in [1.29, 1.82) is 0 Å². The Labute approximate surface area is 175 Å². The number of aromatic nitrogens is 3. The summed E-state index contributed by atoms with van der Waals surface area (Å²) < 4.78 is 0. The van der Waals surface area contributed by atoms with Crippen LogP contribution in [0.1, 0.15) is 44.1 Å². The number of hydrogen-bond acceptors (Lipinski definition) is 9. The number of hydrogen-bond donors (Lipinski definition) is 1. The van der Waals surface area contributed by atoms with Gasteiger partial charge < -0.3 is 9.80 Å². The number of nitrogens with one attached hydrogen (secondary N) is 1. The summed E-state index contributed by atoms with van der Waals surface area (Å²) in [6.45, 7) is 3.73. The standard InChI is InChI=1S/C20H26N8O2/c29-28(30)17-10-4-3-9-16(17)15-21-25-18-22-19(26-11-5-1-6-12-26)24-20(23-18)27-13-7-2-8-14-27/h3-4,9-10,15H,1-2,5-8,11-14H2,(H,22,23,24,25)/b21-15-. The molecule has 0 amide bonds. The van der Waals surface area contributed by atoms with Crippen molar-refractivity contribution < 1.29 is 4.92 Å². The summed E-state index contributed by atoms with van der Waals surface area (Å²) in [6, 6.07) is 6.47. The zero-order valence-electron chi connectivity index (χ0n) is 16.9. The molecule has 0 unspecified atom stereocenters. The molecule has 3 heterocycles. The lowest BCUT2D eigenvalue weighted by molar-refractivity contribution is -0.385. The van der Waals surface area contributed by atoms with Crippen LogP contribution in [0.25, 0.3) is 0 Å². The molecule has 2 aliphatic rings. The van der Waals surface area contributed by atoms with Gasteiger partial charge in [0.15, 0.2) is 0 Å². The molecule has 10 nitrogen and oxygen atoms in total. The van der Waals surface area contributed by atoms with E-state index in [9.17, 15) is 10.1 Å². The van der Waals surface area contributed by atoms with Gasteiger partial charge in [-0.3, -0.25) is 10.1 Å². The molecule has 0 spiro atoms. The molecule has 2 saturated heterocycles. The number of hydrazone groups is 1. The van der Waals surface area contributed by atoms with Crippen LogP contribution in [0.3, 0.4) is 0 Å². The molecule has 2 aromatic rings. The van der Waals surface area contributed by atoms with Crippen LogP contribution in [0.2, 0.25) is 0 Å². The molecule has 0 bridgehead atoms. The summed E-state index contributed by atoms with van der Waals surface area (Å²) >= 11 is 0. The summed E-state index contributed by atoms with van der Waals surface area (Å²) in [6.07, 6.45) is 8.39. The normalized spacial score (nSPS) is 17.3. The van der Waals surface area contributed by atoms with E-state index in [2.05, 4.69) is 30.3 Å². The largest absolute Gasteiger partial charge is 0.341 e. The maximum atomic E-state index is 11.2. The highest BCUT2D eigenvalue weighted by Gasteiger charge is 2.20. The smallest absolute Gasteiger partial charge is 0.278 e. The number of benzene rings is 1. The lowest BCUT2D eigenvalue weighted by Crippen LogP contribution is -2.34. The van der Waals surface area contributed by atoms with Crippen molar-refractivity contribution in [3.05, 3.63) is 39.9 Å². The van der Waals surface area contributed by atoms with E-state index in [1.807, 2.05) is 0 Å². The fourth-order valence-electron chi connectivity index (χ4n) is 3.80. The number of anilines is 3. The molecule has 30 heavy (non-hydrogen) atoms. The van der Waals surface area contributed by atoms with Gasteiger partial charge in [0.1, 0.15) is 0 Å². The quantitative estimate of drug-likeness (QED) is 0.439. The van der Waals surface area contributed by atoms with Crippen LogP contribution in [0.5, 0.6) is 0 Å².